The monoisotopic (exact) mass is 256 g/mol. The Kier molecular flexibility index (Phi) is 4.25. The van der Waals surface area contributed by atoms with Crippen molar-refractivity contribution in [3.63, 3.8) is 0 Å². The smallest absolute Gasteiger partial charge is 0.243 e. The highest BCUT2D eigenvalue weighted by Gasteiger charge is 2.20. The van der Waals surface area contributed by atoms with Crippen LogP contribution in [-0.4, -0.2) is 31.8 Å². The molecule has 0 aromatic heterocycles. The molecule has 1 aromatic carbocycles. The van der Waals surface area contributed by atoms with Gasteiger partial charge in [-0.25, -0.2) is 8.42 Å². The molecule has 0 amide bonds. The van der Waals surface area contributed by atoms with Crippen LogP contribution in [-0.2, 0) is 10.0 Å². The van der Waals surface area contributed by atoms with Crippen molar-refractivity contribution in [1.82, 2.24) is 4.31 Å². The van der Waals surface area contributed by atoms with Crippen LogP contribution in [0.25, 0.3) is 0 Å². The van der Waals surface area contributed by atoms with Gasteiger partial charge in [0.2, 0.25) is 10.0 Å². The highest BCUT2D eigenvalue weighted by molar-refractivity contribution is 7.89. The maximum Gasteiger partial charge on any atom is 0.243 e. The van der Waals surface area contributed by atoms with Crippen molar-refractivity contribution in [1.29, 1.82) is 0 Å². The maximum absolute atomic E-state index is 12.0. The molecule has 0 heterocycles. The third-order valence-corrected chi connectivity index (χ3v) is 4.50. The molecule has 94 valence electrons. The summed E-state index contributed by atoms with van der Waals surface area (Å²) in [5, 5.41) is 10.5. The number of sulfonamides is 1. The number of benzene rings is 1. The largest absolute Gasteiger partial charge is 0.545 e. The van der Waals surface area contributed by atoms with Crippen molar-refractivity contribution in [2.24, 2.45) is 0 Å². The highest BCUT2D eigenvalue weighted by Crippen LogP contribution is 2.15. The zero-order valence-electron chi connectivity index (χ0n) is 9.71. The van der Waals surface area contributed by atoms with Gasteiger partial charge in [0.25, 0.3) is 0 Å². The van der Waals surface area contributed by atoms with Gasteiger partial charge in [0, 0.05) is 13.1 Å². The molecule has 0 spiro atoms. The lowest BCUT2D eigenvalue weighted by molar-refractivity contribution is -0.255. The molecule has 0 aliphatic heterocycles. The van der Waals surface area contributed by atoms with Gasteiger partial charge in [-0.1, -0.05) is 26.0 Å². The number of aromatic carboxylic acids is 1. The van der Waals surface area contributed by atoms with E-state index in [2.05, 4.69) is 0 Å². The van der Waals surface area contributed by atoms with E-state index in [1.165, 1.54) is 28.6 Å². The third kappa shape index (κ3) is 2.83. The molecule has 6 heteroatoms. The SMILES string of the molecule is CCN(CC)S(=O)(=O)c1ccc(C(=O)[O-])cc1. The van der Waals surface area contributed by atoms with Crippen molar-refractivity contribution < 1.29 is 18.3 Å². The number of rotatable bonds is 5. The van der Waals surface area contributed by atoms with Crippen LogP contribution in [0.2, 0.25) is 0 Å². The normalized spacial score (nSPS) is 11.7. The Balaban J connectivity index is 3.12. The van der Waals surface area contributed by atoms with Crippen LogP contribution in [0.4, 0.5) is 0 Å². The topological polar surface area (TPSA) is 77.5 Å². The molecule has 0 saturated heterocycles. The summed E-state index contributed by atoms with van der Waals surface area (Å²) in [6.45, 7) is 4.25. The molecule has 0 atom stereocenters. The van der Waals surface area contributed by atoms with Crippen LogP contribution < -0.4 is 5.11 Å². The Hall–Kier alpha value is -1.40. The van der Waals surface area contributed by atoms with Crippen LogP contribution in [0.1, 0.15) is 24.2 Å². The lowest BCUT2D eigenvalue weighted by atomic mass is 10.2. The minimum absolute atomic E-state index is 0.0384. The van der Waals surface area contributed by atoms with Crippen LogP contribution in [0.5, 0.6) is 0 Å². The first-order valence-electron chi connectivity index (χ1n) is 5.25. The fourth-order valence-electron chi connectivity index (χ4n) is 1.48. The third-order valence-electron chi connectivity index (χ3n) is 2.43. The van der Waals surface area contributed by atoms with Crippen LogP contribution in [0.3, 0.4) is 0 Å². The molecule has 0 N–H and O–H groups in total. The summed E-state index contributed by atoms with van der Waals surface area (Å²) in [5.74, 6) is -1.32. The molecular weight excluding hydrogens is 242 g/mol. The second kappa shape index (κ2) is 5.29. The highest BCUT2D eigenvalue weighted by atomic mass is 32.2. The Labute approximate surface area is 101 Å². The second-order valence-electron chi connectivity index (χ2n) is 3.40. The molecule has 1 aromatic rings. The predicted octanol–water partition coefficient (Wildman–Crippen LogP) is 0.0806. The van der Waals surface area contributed by atoms with Crippen molar-refractivity contribution in [2.45, 2.75) is 18.7 Å². The summed E-state index contributed by atoms with van der Waals surface area (Å²) >= 11 is 0. The number of hydrogen-bond donors (Lipinski definition) is 0. The zero-order valence-corrected chi connectivity index (χ0v) is 10.5. The number of carbonyl (C=O) groups is 1. The lowest BCUT2D eigenvalue weighted by Crippen LogP contribution is -2.30. The van der Waals surface area contributed by atoms with Crippen molar-refractivity contribution in [3.8, 4) is 0 Å². The van der Waals surface area contributed by atoms with Gasteiger partial charge in [0.05, 0.1) is 10.9 Å². The van der Waals surface area contributed by atoms with Crippen molar-refractivity contribution in [2.75, 3.05) is 13.1 Å². The van der Waals surface area contributed by atoms with E-state index in [0.29, 0.717) is 13.1 Å². The lowest BCUT2D eigenvalue weighted by Gasteiger charge is -2.18. The minimum Gasteiger partial charge on any atom is -0.545 e. The van der Waals surface area contributed by atoms with Crippen molar-refractivity contribution >= 4 is 16.0 Å². The maximum atomic E-state index is 12.0. The predicted molar refractivity (Wildman–Crippen MR) is 60.9 cm³/mol. The quantitative estimate of drug-likeness (QED) is 0.747. The molecule has 0 bridgehead atoms. The summed E-state index contributed by atoms with van der Waals surface area (Å²) in [5.41, 5.74) is -0.0384. The first-order chi connectivity index (χ1) is 7.93. The van der Waals surface area contributed by atoms with Gasteiger partial charge in [-0.05, 0) is 17.7 Å². The molecule has 0 unspecified atom stereocenters. The summed E-state index contributed by atoms with van der Waals surface area (Å²) < 4.78 is 25.4. The van der Waals surface area contributed by atoms with Gasteiger partial charge < -0.3 is 9.90 Å². The molecule has 0 fully saturated rings. The summed E-state index contributed by atoms with van der Waals surface area (Å²) in [6, 6.07) is 5.01. The van der Waals surface area contributed by atoms with Gasteiger partial charge in [0.15, 0.2) is 0 Å². The molecule has 1 rings (SSSR count). The van der Waals surface area contributed by atoms with E-state index in [9.17, 15) is 18.3 Å². The Morgan fingerprint density at radius 3 is 2.00 bits per heavy atom. The van der Waals surface area contributed by atoms with E-state index in [-0.39, 0.29) is 10.5 Å². The standard InChI is InChI=1S/C11H15NO4S/c1-3-12(4-2)17(15,16)10-7-5-9(6-8-10)11(13)14/h5-8H,3-4H2,1-2H3,(H,13,14)/p-1. The van der Waals surface area contributed by atoms with E-state index in [1.807, 2.05) is 0 Å². The molecule has 0 aliphatic rings. The first kappa shape index (κ1) is 13.7. The Bertz CT molecular complexity index is 489. The summed E-state index contributed by atoms with van der Waals surface area (Å²) in [7, 11) is -3.52. The number of hydrogen-bond acceptors (Lipinski definition) is 4. The molecular formula is C11H14NO4S-. The number of carboxylic acids is 1. The van der Waals surface area contributed by atoms with E-state index >= 15 is 0 Å². The molecule has 17 heavy (non-hydrogen) atoms. The van der Waals surface area contributed by atoms with E-state index < -0.39 is 16.0 Å². The Morgan fingerprint density at radius 1 is 1.18 bits per heavy atom. The molecule has 0 aliphatic carbocycles. The van der Waals surface area contributed by atoms with E-state index in [4.69, 9.17) is 0 Å². The fraction of sp³-hybridized carbons (Fsp3) is 0.364. The van der Waals surface area contributed by atoms with Gasteiger partial charge >= 0.3 is 0 Å². The van der Waals surface area contributed by atoms with Crippen molar-refractivity contribution in [3.05, 3.63) is 29.8 Å². The van der Waals surface area contributed by atoms with Gasteiger partial charge in [-0.2, -0.15) is 4.31 Å². The first-order valence-corrected chi connectivity index (χ1v) is 6.69. The zero-order chi connectivity index (χ0) is 13.1. The van der Waals surface area contributed by atoms with Gasteiger partial charge in [0.1, 0.15) is 0 Å². The molecule has 0 radical (unpaired) electrons. The molecule has 0 saturated carbocycles. The average molecular weight is 256 g/mol. The minimum atomic E-state index is -3.52. The van der Waals surface area contributed by atoms with Crippen LogP contribution in [0, 0.1) is 0 Å². The van der Waals surface area contributed by atoms with Crippen LogP contribution in [0.15, 0.2) is 29.2 Å². The van der Waals surface area contributed by atoms with Crippen LogP contribution >= 0.6 is 0 Å². The molecule has 5 nitrogen and oxygen atoms in total. The summed E-state index contributed by atoms with van der Waals surface area (Å²) in [4.78, 5) is 10.6. The van der Waals surface area contributed by atoms with Gasteiger partial charge in [-0.3, -0.25) is 0 Å². The van der Waals surface area contributed by atoms with E-state index in [1.54, 1.807) is 13.8 Å². The van der Waals surface area contributed by atoms with Gasteiger partial charge in [-0.15, -0.1) is 0 Å². The fourth-order valence-corrected chi connectivity index (χ4v) is 2.93. The second-order valence-corrected chi connectivity index (χ2v) is 5.34. The summed E-state index contributed by atoms with van der Waals surface area (Å²) in [6.07, 6.45) is 0. The number of nitrogens with zero attached hydrogens (tertiary/aromatic N) is 1. The average Bonchev–Trinajstić information content (AvgIpc) is 2.30. The number of carboxylic acid groups (broad SMARTS) is 1. The Morgan fingerprint density at radius 2 is 1.65 bits per heavy atom. The number of carbonyl (C=O) groups excluding carboxylic acids is 1. The van der Waals surface area contributed by atoms with E-state index in [0.717, 1.165) is 0 Å².